The molecule has 0 saturated carbocycles. The Hall–Kier alpha value is -2.64. The lowest BCUT2D eigenvalue weighted by Crippen LogP contribution is -2.07. The summed E-state index contributed by atoms with van der Waals surface area (Å²) in [5.74, 6) is -0.677. The molecule has 3 nitrogen and oxygen atoms in total. The Labute approximate surface area is 126 Å². The minimum atomic E-state index is -0.347. The van der Waals surface area contributed by atoms with Gasteiger partial charge in [0, 0.05) is 11.8 Å². The molecule has 0 saturated heterocycles. The van der Waals surface area contributed by atoms with Gasteiger partial charge in [0.05, 0.1) is 10.6 Å². The molecule has 104 valence electrons. The summed E-state index contributed by atoms with van der Waals surface area (Å²) in [5, 5.41) is 11.7. The Morgan fingerprint density at radius 1 is 1.24 bits per heavy atom. The van der Waals surface area contributed by atoms with Crippen molar-refractivity contribution >= 4 is 29.3 Å². The van der Waals surface area contributed by atoms with Gasteiger partial charge < -0.3 is 5.32 Å². The standard InChI is InChI=1S/C16H10ClFN2O/c17-15-9-14(7-4-12(15)10-19)20-16(21)8-3-11-1-5-13(18)6-2-11/h1-9H,(H,20,21)/b8-3+. The summed E-state index contributed by atoms with van der Waals surface area (Å²) in [4.78, 5) is 11.7. The van der Waals surface area contributed by atoms with Crippen LogP contribution in [0.3, 0.4) is 0 Å². The van der Waals surface area contributed by atoms with Crippen molar-refractivity contribution in [2.75, 3.05) is 5.32 Å². The average molecular weight is 301 g/mol. The van der Waals surface area contributed by atoms with Crippen LogP contribution < -0.4 is 5.32 Å². The number of anilines is 1. The third-order valence-corrected chi connectivity index (χ3v) is 2.97. The van der Waals surface area contributed by atoms with Crippen LogP contribution in [-0.2, 0) is 4.79 Å². The fourth-order valence-electron chi connectivity index (χ4n) is 1.61. The minimum absolute atomic E-state index is 0.276. The van der Waals surface area contributed by atoms with Gasteiger partial charge in [0.1, 0.15) is 11.9 Å². The Balaban J connectivity index is 2.03. The third kappa shape index (κ3) is 4.16. The predicted molar refractivity (Wildman–Crippen MR) is 80.2 cm³/mol. The molecule has 1 N–H and O–H groups in total. The average Bonchev–Trinajstić information content (AvgIpc) is 2.47. The Morgan fingerprint density at radius 3 is 2.57 bits per heavy atom. The summed E-state index contributed by atoms with van der Waals surface area (Å²) < 4.78 is 12.7. The van der Waals surface area contributed by atoms with Gasteiger partial charge in [0.25, 0.3) is 0 Å². The predicted octanol–water partition coefficient (Wildman–Crippen LogP) is 4.00. The van der Waals surface area contributed by atoms with Gasteiger partial charge in [-0.1, -0.05) is 23.7 Å². The summed E-state index contributed by atoms with van der Waals surface area (Å²) in [6.45, 7) is 0. The largest absolute Gasteiger partial charge is 0.322 e. The zero-order chi connectivity index (χ0) is 15.2. The molecule has 2 aromatic rings. The van der Waals surface area contributed by atoms with E-state index < -0.39 is 0 Å². The number of carbonyl (C=O) groups excluding carboxylic acids is 1. The summed E-state index contributed by atoms with van der Waals surface area (Å²) in [7, 11) is 0. The smallest absolute Gasteiger partial charge is 0.248 e. The van der Waals surface area contributed by atoms with E-state index in [-0.39, 0.29) is 16.7 Å². The van der Waals surface area contributed by atoms with E-state index in [0.29, 0.717) is 16.8 Å². The number of rotatable bonds is 3. The first kappa shape index (κ1) is 14.8. The van der Waals surface area contributed by atoms with Crippen LogP contribution in [0.5, 0.6) is 0 Å². The van der Waals surface area contributed by atoms with Crippen molar-refractivity contribution in [3.63, 3.8) is 0 Å². The van der Waals surface area contributed by atoms with Crippen LogP contribution in [0.1, 0.15) is 11.1 Å². The maximum absolute atomic E-state index is 12.7. The first-order chi connectivity index (χ1) is 10.1. The molecule has 0 spiro atoms. The van der Waals surface area contributed by atoms with Crippen LogP contribution in [0.4, 0.5) is 10.1 Å². The van der Waals surface area contributed by atoms with Crippen LogP contribution in [0, 0.1) is 17.1 Å². The lowest BCUT2D eigenvalue weighted by atomic mass is 10.2. The van der Waals surface area contributed by atoms with Crippen LogP contribution in [0.2, 0.25) is 5.02 Å². The van der Waals surface area contributed by atoms with E-state index in [2.05, 4.69) is 5.32 Å². The highest BCUT2D eigenvalue weighted by molar-refractivity contribution is 6.32. The van der Waals surface area contributed by atoms with Crippen LogP contribution in [0.15, 0.2) is 48.5 Å². The number of benzene rings is 2. The molecule has 2 aromatic carbocycles. The lowest BCUT2D eigenvalue weighted by Gasteiger charge is -2.03. The second-order valence-corrected chi connectivity index (χ2v) is 4.59. The van der Waals surface area contributed by atoms with E-state index >= 15 is 0 Å². The molecule has 0 radical (unpaired) electrons. The molecule has 0 unspecified atom stereocenters. The fraction of sp³-hybridized carbons (Fsp3) is 0. The van der Waals surface area contributed by atoms with Gasteiger partial charge in [-0.3, -0.25) is 4.79 Å². The van der Waals surface area contributed by atoms with Crippen molar-refractivity contribution in [2.24, 2.45) is 0 Å². The summed E-state index contributed by atoms with van der Waals surface area (Å²) in [5.41, 5.74) is 1.55. The minimum Gasteiger partial charge on any atom is -0.322 e. The van der Waals surface area contributed by atoms with Gasteiger partial charge in [-0.05, 0) is 42.0 Å². The molecular weight excluding hydrogens is 291 g/mol. The van der Waals surface area contributed by atoms with E-state index in [9.17, 15) is 9.18 Å². The lowest BCUT2D eigenvalue weighted by molar-refractivity contribution is -0.111. The molecule has 0 aliphatic heterocycles. The Bertz CT molecular complexity index is 733. The molecular formula is C16H10ClFN2O. The molecule has 0 bridgehead atoms. The maximum Gasteiger partial charge on any atom is 0.248 e. The Kier molecular flexibility index (Phi) is 4.70. The van der Waals surface area contributed by atoms with Gasteiger partial charge in [0.2, 0.25) is 5.91 Å². The van der Waals surface area contributed by atoms with Crippen LogP contribution in [0.25, 0.3) is 6.08 Å². The van der Waals surface area contributed by atoms with Crippen LogP contribution in [-0.4, -0.2) is 5.91 Å². The number of hydrogen-bond acceptors (Lipinski definition) is 2. The molecule has 0 atom stereocenters. The monoisotopic (exact) mass is 300 g/mol. The van der Waals surface area contributed by atoms with E-state index in [1.165, 1.54) is 30.3 Å². The van der Waals surface area contributed by atoms with Gasteiger partial charge >= 0.3 is 0 Å². The maximum atomic E-state index is 12.7. The molecule has 1 amide bonds. The molecule has 5 heteroatoms. The van der Waals surface area contributed by atoms with Crippen molar-refractivity contribution < 1.29 is 9.18 Å². The topological polar surface area (TPSA) is 52.9 Å². The molecule has 0 aliphatic rings. The number of nitriles is 1. The number of halogens is 2. The number of amides is 1. The SMILES string of the molecule is N#Cc1ccc(NC(=O)/C=C/c2ccc(F)cc2)cc1Cl. The highest BCUT2D eigenvalue weighted by Crippen LogP contribution is 2.20. The summed E-state index contributed by atoms with van der Waals surface area (Å²) in [6, 6.07) is 12.3. The number of nitrogens with one attached hydrogen (secondary N) is 1. The third-order valence-electron chi connectivity index (χ3n) is 2.65. The van der Waals surface area contributed by atoms with E-state index in [4.69, 9.17) is 16.9 Å². The first-order valence-electron chi connectivity index (χ1n) is 6.03. The van der Waals surface area contributed by atoms with Crippen molar-refractivity contribution in [3.8, 4) is 6.07 Å². The number of nitrogens with zero attached hydrogens (tertiary/aromatic N) is 1. The van der Waals surface area contributed by atoms with E-state index in [1.807, 2.05) is 6.07 Å². The summed E-state index contributed by atoms with van der Waals surface area (Å²) >= 11 is 5.87. The van der Waals surface area contributed by atoms with Crippen molar-refractivity contribution in [1.82, 2.24) is 0 Å². The van der Waals surface area contributed by atoms with Crippen LogP contribution >= 0.6 is 11.6 Å². The number of carbonyl (C=O) groups is 1. The van der Waals surface area contributed by atoms with Gasteiger partial charge in [-0.2, -0.15) is 5.26 Å². The zero-order valence-electron chi connectivity index (χ0n) is 10.8. The van der Waals surface area contributed by atoms with Crippen molar-refractivity contribution in [2.45, 2.75) is 0 Å². The normalized spacial score (nSPS) is 10.3. The van der Waals surface area contributed by atoms with Gasteiger partial charge in [0.15, 0.2) is 0 Å². The van der Waals surface area contributed by atoms with E-state index in [0.717, 1.165) is 0 Å². The second-order valence-electron chi connectivity index (χ2n) is 4.18. The number of hydrogen-bond donors (Lipinski definition) is 1. The zero-order valence-corrected chi connectivity index (χ0v) is 11.6. The molecule has 0 fully saturated rings. The highest BCUT2D eigenvalue weighted by Gasteiger charge is 2.03. The molecule has 2 rings (SSSR count). The second kappa shape index (κ2) is 6.69. The highest BCUT2D eigenvalue weighted by atomic mass is 35.5. The van der Waals surface area contributed by atoms with Gasteiger partial charge in [-0.15, -0.1) is 0 Å². The fourth-order valence-corrected chi connectivity index (χ4v) is 1.84. The van der Waals surface area contributed by atoms with Crippen molar-refractivity contribution in [3.05, 3.63) is 70.5 Å². The van der Waals surface area contributed by atoms with Crippen molar-refractivity contribution in [1.29, 1.82) is 5.26 Å². The molecule has 0 heterocycles. The quantitative estimate of drug-likeness (QED) is 0.871. The summed E-state index contributed by atoms with van der Waals surface area (Å²) in [6.07, 6.45) is 2.90. The molecule has 0 aromatic heterocycles. The Morgan fingerprint density at radius 2 is 1.95 bits per heavy atom. The molecule has 0 aliphatic carbocycles. The first-order valence-corrected chi connectivity index (χ1v) is 6.40. The molecule has 21 heavy (non-hydrogen) atoms. The van der Waals surface area contributed by atoms with E-state index in [1.54, 1.807) is 24.3 Å². The van der Waals surface area contributed by atoms with Gasteiger partial charge in [-0.25, -0.2) is 4.39 Å².